The number of phenols is 2. The van der Waals surface area contributed by atoms with E-state index in [9.17, 15) is 15.0 Å². The Morgan fingerprint density at radius 1 is 1.00 bits per heavy atom. The molecule has 0 aliphatic rings. The SMILES string of the molecule is CC(Cc1ccccc1)c1cc(-c2n[nH]c(=O)n2-c2ccc3c(ccn3C)c2)c(O)cc1O. The first kappa shape index (κ1) is 20.6. The molecule has 0 spiro atoms. The van der Waals surface area contributed by atoms with E-state index in [1.165, 1.54) is 10.6 Å². The second-order valence-corrected chi connectivity index (χ2v) is 8.38. The number of benzene rings is 3. The van der Waals surface area contributed by atoms with Gasteiger partial charge in [0.25, 0.3) is 0 Å². The van der Waals surface area contributed by atoms with Gasteiger partial charge in [-0.15, -0.1) is 0 Å². The molecule has 5 rings (SSSR count). The molecule has 0 aliphatic carbocycles. The Hall–Kier alpha value is -4.26. The molecule has 5 aromatic rings. The highest BCUT2D eigenvalue weighted by Gasteiger charge is 2.21. The van der Waals surface area contributed by atoms with Crippen LogP contribution in [0.5, 0.6) is 11.5 Å². The Morgan fingerprint density at radius 2 is 1.79 bits per heavy atom. The van der Waals surface area contributed by atoms with Gasteiger partial charge < -0.3 is 14.8 Å². The predicted molar refractivity (Wildman–Crippen MR) is 128 cm³/mol. The average Bonchev–Trinajstić information content (AvgIpc) is 3.36. The largest absolute Gasteiger partial charge is 0.508 e. The standard InChI is InChI=1S/C26H24N4O3/c1-16(12-17-6-4-3-5-7-17)20-14-21(24(32)15-23(20)31)25-27-28-26(33)30(25)19-8-9-22-18(13-19)10-11-29(22)2/h3-11,13-16,31-32H,12H2,1-2H3,(H,28,33). The summed E-state index contributed by atoms with van der Waals surface area (Å²) in [5.74, 6) is 0.117. The monoisotopic (exact) mass is 440 g/mol. The summed E-state index contributed by atoms with van der Waals surface area (Å²) in [6, 6.07) is 20.7. The Kier molecular flexibility index (Phi) is 5.01. The summed E-state index contributed by atoms with van der Waals surface area (Å²) in [5.41, 5.74) is 3.45. The van der Waals surface area contributed by atoms with Crippen LogP contribution in [0.2, 0.25) is 0 Å². The second kappa shape index (κ2) is 8.02. The number of hydrogen-bond acceptors (Lipinski definition) is 4. The molecule has 7 heteroatoms. The number of aryl methyl sites for hydroxylation is 1. The van der Waals surface area contributed by atoms with Crippen molar-refractivity contribution < 1.29 is 10.2 Å². The van der Waals surface area contributed by atoms with Crippen molar-refractivity contribution >= 4 is 10.9 Å². The van der Waals surface area contributed by atoms with E-state index in [-0.39, 0.29) is 23.2 Å². The van der Waals surface area contributed by atoms with Crippen molar-refractivity contribution in [2.24, 2.45) is 7.05 Å². The van der Waals surface area contributed by atoms with Crippen molar-refractivity contribution in [3.8, 4) is 28.6 Å². The van der Waals surface area contributed by atoms with Gasteiger partial charge in [-0.2, -0.15) is 5.10 Å². The molecule has 0 saturated heterocycles. The first-order valence-electron chi connectivity index (χ1n) is 10.8. The molecule has 33 heavy (non-hydrogen) atoms. The first-order chi connectivity index (χ1) is 15.9. The van der Waals surface area contributed by atoms with Gasteiger partial charge in [0.15, 0.2) is 5.82 Å². The minimum absolute atomic E-state index is 0.00909. The molecule has 2 aromatic heterocycles. The lowest BCUT2D eigenvalue weighted by Crippen LogP contribution is -2.15. The third-order valence-corrected chi connectivity index (χ3v) is 6.10. The Balaban J connectivity index is 1.60. The lowest BCUT2D eigenvalue weighted by Gasteiger charge is -2.16. The van der Waals surface area contributed by atoms with E-state index in [0.717, 1.165) is 22.9 Å². The van der Waals surface area contributed by atoms with Gasteiger partial charge in [0.05, 0.1) is 11.3 Å². The molecule has 1 atom stereocenters. The molecule has 0 fully saturated rings. The topological polar surface area (TPSA) is 96.1 Å². The van der Waals surface area contributed by atoms with Crippen molar-refractivity contribution in [3.63, 3.8) is 0 Å². The fourth-order valence-electron chi connectivity index (χ4n) is 4.37. The first-order valence-corrected chi connectivity index (χ1v) is 10.8. The number of aromatic amines is 1. The van der Waals surface area contributed by atoms with Gasteiger partial charge in [-0.25, -0.2) is 14.5 Å². The molecule has 0 saturated carbocycles. The minimum atomic E-state index is -0.411. The average molecular weight is 441 g/mol. The van der Waals surface area contributed by atoms with E-state index in [2.05, 4.69) is 10.2 Å². The molecule has 0 bridgehead atoms. The second-order valence-electron chi connectivity index (χ2n) is 8.38. The maximum Gasteiger partial charge on any atom is 0.348 e. The number of hydrogen-bond donors (Lipinski definition) is 3. The number of aromatic nitrogens is 4. The number of phenolic OH excluding ortho intramolecular Hbond substituents is 2. The molecular weight excluding hydrogens is 416 g/mol. The van der Waals surface area contributed by atoms with Crippen LogP contribution < -0.4 is 5.69 Å². The van der Waals surface area contributed by atoms with Crippen molar-refractivity contribution in [2.75, 3.05) is 0 Å². The quantitative estimate of drug-likeness (QED) is 0.376. The van der Waals surface area contributed by atoms with E-state index in [1.54, 1.807) is 6.07 Å². The maximum atomic E-state index is 12.7. The molecule has 0 radical (unpaired) electrons. The molecule has 0 amide bonds. The van der Waals surface area contributed by atoms with Crippen LogP contribution in [0.4, 0.5) is 0 Å². The van der Waals surface area contributed by atoms with Gasteiger partial charge >= 0.3 is 5.69 Å². The summed E-state index contributed by atoms with van der Waals surface area (Å²) in [6.45, 7) is 2.02. The number of rotatable bonds is 5. The highest BCUT2D eigenvalue weighted by Crippen LogP contribution is 2.38. The molecule has 1 unspecified atom stereocenters. The van der Waals surface area contributed by atoms with Crippen molar-refractivity contribution in [2.45, 2.75) is 19.3 Å². The zero-order chi connectivity index (χ0) is 23.1. The van der Waals surface area contributed by atoms with E-state index in [0.29, 0.717) is 16.8 Å². The summed E-state index contributed by atoms with van der Waals surface area (Å²) < 4.78 is 3.44. The van der Waals surface area contributed by atoms with Crippen LogP contribution in [0.25, 0.3) is 28.0 Å². The molecule has 3 aromatic carbocycles. The van der Waals surface area contributed by atoms with E-state index >= 15 is 0 Å². The van der Waals surface area contributed by atoms with Crippen molar-refractivity contribution in [1.29, 1.82) is 0 Å². The van der Waals surface area contributed by atoms with Gasteiger partial charge in [0.2, 0.25) is 0 Å². The number of aromatic hydroxyl groups is 2. The van der Waals surface area contributed by atoms with Crippen molar-refractivity contribution in [3.05, 3.63) is 94.5 Å². The minimum Gasteiger partial charge on any atom is -0.508 e. The molecular formula is C26H24N4O3. The van der Waals surface area contributed by atoms with Gasteiger partial charge in [-0.3, -0.25) is 0 Å². The van der Waals surface area contributed by atoms with Crippen LogP contribution >= 0.6 is 0 Å². The maximum absolute atomic E-state index is 12.7. The highest BCUT2D eigenvalue weighted by atomic mass is 16.3. The normalized spacial score (nSPS) is 12.3. The lowest BCUT2D eigenvalue weighted by atomic mass is 9.91. The van der Waals surface area contributed by atoms with Crippen molar-refractivity contribution in [1.82, 2.24) is 19.3 Å². The Labute approximate surface area is 190 Å². The van der Waals surface area contributed by atoms with Crippen LogP contribution in [0.3, 0.4) is 0 Å². The Bertz CT molecular complexity index is 1510. The number of nitrogens with one attached hydrogen (secondary N) is 1. The number of H-pyrrole nitrogens is 1. The predicted octanol–water partition coefficient (Wildman–Crippen LogP) is 4.48. The van der Waals surface area contributed by atoms with Gasteiger partial charge in [0, 0.05) is 30.2 Å². The van der Waals surface area contributed by atoms with E-state index in [4.69, 9.17) is 0 Å². The smallest absolute Gasteiger partial charge is 0.348 e. The van der Waals surface area contributed by atoms with Crippen LogP contribution in [0.1, 0.15) is 24.0 Å². The fourth-order valence-corrected chi connectivity index (χ4v) is 4.37. The number of nitrogens with zero attached hydrogens (tertiary/aromatic N) is 3. The van der Waals surface area contributed by atoms with Crippen LogP contribution in [0.15, 0.2) is 77.7 Å². The third kappa shape index (κ3) is 3.67. The summed E-state index contributed by atoms with van der Waals surface area (Å²) in [6.07, 6.45) is 2.68. The van der Waals surface area contributed by atoms with E-state index in [1.807, 2.05) is 79.3 Å². The fraction of sp³-hybridized carbons (Fsp3) is 0.154. The molecule has 3 N–H and O–H groups in total. The van der Waals surface area contributed by atoms with Gasteiger partial charge in [-0.05, 0) is 53.8 Å². The van der Waals surface area contributed by atoms with Gasteiger partial charge in [0.1, 0.15) is 11.5 Å². The highest BCUT2D eigenvalue weighted by molar-refractivity contribution is 5.82. The van der Waals surface area contributed by atoms with Crippen LogP contribution in [-0.2, 0) is 13.5 Å². The third-order valence-electron chi connectivity index (χ3n) is 6.10. The molecule has 7 nitrogen and oxygen atoms in total. The zero-order valence-corrected chi connectivity index (χ0v) is 18.4. The van der Waals surface area contributed by atoms with Gasteiger partial charge in [-0.1, -0.05) is 37.3 Å². The van der Waals surface area contributed by atoms with Crippen LogP contribution in [-0.4, -0.2) is 29.5 Å². The molecule has 166 valence electrons. The molecule has 0 aliphatic heterocycles. The van der Waals surface area contributed by atoms with Crippen LogP contribution in [0, 0.1) is 0 Å². The summed E-state index contributed by atoms with van der Waals surface area (Å²) in [4.78, 5) is 12.7. The summed E-state index contributed by atoms with van der Waals surface area (Å²) in [5, 5.41) is 28.9. The molecule has 2 heterocycles. The number of fused-ring (bicyclic) bond motifs is 1. The van der Waals surface area contributed by atoms with E-state index < -0.39 is 5.69 Å². The summed E-state index contributed by atoms with van der Waals surface area (Å²) in [7, 11) is 1.96. The lowest BCUT2D eigenvalue weighted by molar-refractivity contribution is 0.443. The zero-order valence-electron chi connectivity index (χ0n) is 18.4. The summed E-state index contributed by atoms with van der Waals surface area (Å²) >= 11 is 0. The Morgan fingerprint density at radius 3 is 2.58 bits per heavy atom.